The monoisotopic (exact) mass is 313 g/mol. The van der Waals surface area contributed by atoms with Crippen LogP contribution < -0.4 is 5.69 Å². The van der Waals surface area contributed by atoms with Crippen molar-refractivity contribution in [1.29, 1.82) is 0 Å². The molecule has 3 rings (SSSR count). The first-order chi connectivity index (χ1) is 8.24. The average molecular weight is 314 g/mol. The van der Waals surface area contributed by atoms with Gasteiger partial charge in [0.05, 0.1) is 10.3 Å². The molecule has 1 aliphatic heterocycles. The molecule has 0 atom stereocenters. The maximum absolute atomic E-state index is 12.1. The van der Waals surface area contributed by atoms with Crippen molar-refractivity contribution in [2.45, 2.75) is 32.4 Å². The molecule has 0 aromatic carbocycles. The molecular formula is C11H12BrN3OS. The first-order valence-corrected chi connectivity index (χ1v) is 7.26. The molecule has 0 aliphatic carbocycles. The Hall–Kier alpha value is -0.880. The number of halogens is 1. The van der Waals surface area contributed by atoms with E-state index in [2.05, 4.69) is 21.0 Å². The molecule has 90 valence electrons. The molecule has 2 aromatic heterocycles. The zero-order valence-electron chi connectivity index (χ0n) is 9.23. The number of rotatable bonds is 2. The van der Waals surface area contributed by atoms with Gasteiger partial charge in [-0.2, -0.15) is 5.10 Å². The Balaban J connectivity index is 1.93. The first kappa shape index (κ1) is 11.2. The smallest absolute Gasteiger partial charge is 0.279 e. The molecule has 0 N–H and O–H groups in total. The Labute approximate surface area is 111 Å². The maximum Gasteiger partial charge on any atom is 0.346 e. The molecule has 1 aliphatic rings. The molecule has 0 bridgehead atoms. The van der Waals surface area contributed by atoms with Crippen LogP contribution in [0.2, 0.25) is 0 Å². The van der Waals surface area contributed by atoms with Crippen molar-refractivity contribution in [3.63, 3.8) is 0 Å². The third-order valence-corrected chi connectivity index (χ3v) is 4.57. The van der Waals surface area contributed by atoms with E-state index in [4.69, 9.17) is 0 Å². The van der Waals surface area contributed by atoms with Crippen LogP contribution in [-0.4, -0.2) is 14.3 Å². The fraction of sp³-hybridized carbons (Fsp3) is 0.455. The van der Waals surface area contributed by atoms with Gasteiger partial charge in [-0.05, 0) is 40.9 Å². The summed E-state index contributed by atoms with van der Waals surface area (Å²) in [6, 6.07) is 4.03. The molecule has 17 heavy (non-hydrogen) atoms. The van der Waals surface area contributed by atoms with Crippen molar-refractivity contribution in [3.05, 3.63) is 37.1 Å². The predicted octanol–water partition coefficient (Wildman–Crippen LogP) is 2.25. The van der Waals surface area contributed by atoms with Crippen molar-refractivity contribution in [1.82, 2.24) is 14.3 Å². The predicted molar refractivity (Wildman–Crippen MR) is 70.5 cm³/mol. The molecule has 0 fully saturated rings. The fourth-order valence-corrected chi connectivity index (χ4v) is 3.60. The number of hydrogen-bond acceptors (Lipinski definition) is 3. The van der Waals surface area contributed by atoms with Crippen molar-refractivity contribution in [2.24, 2.45) is 0 Å². The quantitative estimate of drug-likeness (QED) is 0.853. The lowest BCUT2D eigenvalue weighted by atomic mass is 10.2. The summed E-state index contributed by atoms with van der Waals surface area (Å²) in [5.41, 5.74) is 0.0317. The van der Waals surface area contributed by atoms with Crippen LogP contribution in [0.25, 0.3) is 0 Å². The second-order valence-electron chi connectivity index (χ2n) is 4.17. The molecule has 6 heteroatoms. The summed E-state index contributed by atoms with van der Waals surface area (Å²) in [5, 5.41) is 4.41. The minimum absolute atomic E-state index is 0.0317. The SMILES string of the molecule is O=c1n(Cc2ccc(Br)s2)nc2n1CCCC2. The lowest BCUT2D eigenvalue weighted by molar-refractivity contribution is 0.511. The van der Waals surface area contributed by atoms with Gasteiger partial charge in [0.15, 0.2) is 0 Å². The standard InChI is InChI=1S/C11H12BrN3OS/c12-9-5-4-8(17-9)7-15-11(16)14-6-2-1-3-10(14)13-15/h4-5H,1-3,6-7H2. The second-order valence-corrected chi connectivity index (χ2v) is 6.72. The van der Waals surface area contributed by atoms with Gasteiger partial charge >= 0.3 is 5.69 Å². The van der Waals surface area contributed by atoms with E-state index >= 15 is 0 Å². The highest BCUT2D eigenvalue weighted by Crippen LogP contribution is 2.22. The van der Waals surface area contributed by atoms with Gasteiger partial charge in [-0.15, -0.1) is 11.3 Å². The van der Waals surface area contributed by atoms with Crippen LogP contribution in [0.4, 0.5) is 0 Å². The Bertz CT molecular complexity index is 598. The number of thiophene rings is 1. The highest BCUT2D eigenvalue weighted by molar-refractivity contribution is 9.11. The number of hydrogen-bond donors (Lipinski definition) is 0. The summed E-state index contributed by atoms with van der Waals surface area (Å²) in [4.78, 5) is 13.2. The van der Waals surface area contributed by atoms with Crippen LogP contribution in [0.1, 0.15) is 23.5 Å². The molecule has 0 amide bonds. The zero-order chi connectivity index (χ0) is 11.8. The lowest BCUT2D eigenvalue weighted by Gasteiger charge is -2.09. The second kappa shape index (κ2) is 4.42. The molecular weight excluding hydrogens is 302 g/mol. The molecule has 0 unspecified atom stereocenters. The molecule has 2 aromatic rings. The van der Waals surface area contributed by atoms with E-state index in [0.717, 1.165) is 40.3 Å². The molecule has 4 nitrogen and oxygen atoms in total. The van der Waals surface area contributed by atoms with E-state index < -0.39 is 0 Å². The Morgan fingerprint density at radius 2 is 2.29 bits per heavy atom. The lowest BCUT2D eigenvalue weighted by Crippen LogP contribution is -2.27. The van der Waals surface area contributed by atoms with Gasteiger partial charge in [0.25, 0.3) is 0 Å². The third-order valence-electron chi connectivity index (χ3n) is 2.97. The summed E-state index contributed by atoms with van der Waals surface area (Å²) < 4.78 is 4.48. The third kappa shape index (κ3) is 2.11. The summed E-state index contributed by atoms with van der Waals surface area (Å²) in [6.45, 7) is 1.40. The number of aromatic nitrogens is 3. The summed E-state index contributed by atoms with van der Waals surface area (Å²) in [5.74, 6) is 0.942. The first-order valence-electron chi connectivity index (χ1n) is 5.65. The summed E-state index contributed by atoms with van der Waals surface area (Å²) >= 11 is 5.07. The van der Waals surface area contributed by atoms with Crippen LogP contribution in [0, 0.1) is 0 Å². The highest BCUT2D eigenvalue weighted by Gasteiger charge is 2.16. The van der Waals surface area contributed by atoms with Gasteiger partial charge in [0, 0.05) is 17.8 Å². The Morgan fingerprint density at radius 1 is 1.41 bits per heavy atom. The normalized spacial score (nSPS) is 14.9. The van der Waals surface area contributed by atoms with Crippen LogP contribution in [-0.2, 0) is 19.5 Å². The van der Waals surface area contributed by atoms with Gasteiger partial charge in [-0.25, -0.2) is 9.48 Å². The van der Waals surface area contributed by atoms with Gasteiger partial charge in [-0.1, -0.05) is 0 Å². The Kier molecular flexibility index (Phi) is 2.92. The minimum atomic E-state index is 0.0317. The number of nitrogens with zero attached hydrogens (tertiary/aromatic N) is 3. The molecule has 0 saturated carbocycles. The van der Waals surface area contributed by atoms with Crippen LogP contribution in [0.15, 0.2) is 20.7 Å². The van der Waals surface area contributed by atoms with Crippen molar-refractivity contribution < 1.29 is 0 Å². The largest absolute Gasteiger partial charge is 0.346 e. The maximum atomic E-state index is 12.1. The summed E-state index contributed by atoms with van der Waals surface area (Å²) in [6.07, 6.45) is 3.15. The average Bonchev–Trinajstić information content (AvgIpc) is 2.86. The van der Waals surface area contributed by atoms with E-state index in [-0.39, 0.29) is 5.69 Å². The fourth-order valence-electron chi connectivity index (χ4n) is 2.14. The van der Waals surface area contributed by atoms with Crippen molar-refractivity contribution in [2.75, 3.05) is 0 Å². The van der Waals surface area contributed by atoms with Gasteiger partial charge in [-0.3, -0.25) is 4.57 Å². The van der Waals surface area contributed by atoms with Crippen LogP contribution in [0.5, 0.6) is 0 Å². The van der Waals surface area contributed by atoms with E-state index in [9.17, 15) is 4.79 Å². The van der Waals surface area contributed by atoms with Crippen molar-refractivity contribution in [3.8, 4) is 0 Å². The Morgan fingerprint density at radius 3 is 3.00 bits per heavy atom. The van der Waals surface area contributed by atoms with Crippen LogP contribution in [0.3, 0.4) is 0 Å². The number of fused-ring (bicyclic) bond motifs is 1. The van der Waals surface area contributed by atoms with E-state index in [1.807, 2.05) is 16.7 Å². The van der Waals surface area contributed by atoms with E-state index in [0.29, 0.717) is 6.54 Å². The summed E-state index contributed by atoms with van der Waals surface area (Å²) in [7, 11) is 0. The highest BCUT2D eigenvalue weighted by atomic mass is 79.9. The zero-order valence-corrected chi connectivity index (χ0v) is 11.6. The van der Waals surface area contributed by atoms with Gasteiger partial charge in [0.2, 0.25) is 0 Å². The topological polar surface area (TPSA) is 39.8 Å². The molecule has 3 heterocycles. The minimum Gasteiger partial charge on any atom is -0.279 e. The van der Waals surface area contributed by atoms with Gasteiger partial charge in [0.1, 0.15) is 5.82 Å². The molecule has 0 saturated heterocycles. The molecule has 0 radical (unpaired) electrons. The number of aryl methyl sites for hydroxylation is 1. The van der Waals surface area contributed by atoms with E-state index in [1.54, 1.807) is 16.0 Å². The van der Waals surface area contributed by atoms with Gasteiger partial charge < -0.3 is 0 Å². The van der Waals surface area contributed by atoms with Crippen molar-refractivity contribution >= 4 is 27.3 Å². The van der Waals surface area contributed by atoms with E-state index in [1.165, 1.54) is 0 Å². The van der Waals surface area contributed by atoms with Crippen LogP contribution >= 0.6 is 27.3 Å². The molecule has 0 spiro atoms.